The van der Waals surface area contributed by atoms with Gasteiger partial charge in [-0.25, -0.2) is 0 Å². The van der Waals surface area contributed by atoms with Crippen LogP contribution >= 0.6 is 12.2 Å². The summed E-state index contributed by atoms with van der Waals surface area (Å²) in [5.41, 5.74) is 5.10. The summed E-state index contributed by atoms with van der Waals surface area (Å²) in [6.07, 6.45) is 0. The van der Waals surface area contributed by atoms with Crippen LogP contribution in [0.25, 0.3) is 43.9 Å². The molecule has 11 heteroatoms. The zero-order valence-electron chi connectivity index (χ0n) is 21.4. The number of anilines is 1. The molecule has 0 fully saturated rings. The highest BCUT2D eigenvalue weighted by molar-refractivity contribution is 7.80. The quantitative estimate of drug-likeness (QED) is 0.290. The fourth-order valence-electron chi connectivity index (χ4n) is 5.40. The van der Waals surface area contributed by atoms with Gasteiger partial charge >= 0.3 is 5.79 Å². The maximum Gasteiger partial charge on any atom is 0.308 e. The van der Waals surface area contributed by atoms with Crippen LogP contribution in [-0.4, -0.2) is 50.0 Å². The number of aromatic nitrogens is 9. The van der Waals surface area contributed by atoms with Crippen molar-refractivity contribution >= 4 is 66.8 Å². The predicted octanol–water partition coefficient (Wildman–Crippen LogP) is 5.22. The molecule has 1 N–H and O–H groups in total. The standard InChI is InChI=1S/C30H20N10S/c41-29(31-22-16-9-11-20-10-1-2-12-21(20)22)30(38-26-17-6-3-13-23(26)32-35-38,39-27-18-7-4-14-24(27)33-36-39)40-28-19-8-5-15-25(28)34-37-40/h1-19H,(H,31,41). The number of nitrogens with one attached hydrogen (secondary N) is 1. The Bertz CT molecular complexity index is 2060. The summed E-state index contributed by atoms with van der Waals surface area (Å²) in [5, 5.41) is 33.2. The van der Waals surface area contributed by atoms with Crippen LogP contribution in [0.4, 0.5) is 5.69 Å². The Hall–Kier alpha value is -5.55. The van der Waals surface area contributed by atoms with Gasteiger partial charge in [-0.3, -0.25) is 0 Å². The lowest BCUT2D eigenvalue weighted by Crippen LogP contribution is -2.57. The highest BCUT2D eigenvalue weighted by Gasteiger charge is 2.48. The Labute approximate surface area is 237 Å². The van der Waals surface area contributed by atoms with Crippen molar-refractivity contribution in [1.82, 2.24) is 45.0 Å². The van der Waals surface area contributed by atoms with Gasteiger partial charge in [-0.2, -0.15) is 14.0 Å². The van der Waals surface area contributed by atoms with Gasteiger partial charge in [0, 0.05) is 11.1 Å². The second-order valence-corrected chi connectivity index (χ2v) is 9.99. The molecule has 0 saturated carbocycles. The summed E-state index contributed by atoms with van der Waals surface area (Å²) in [6, 6.07) is 37.3. The summed E-state index contributed by atoms with van der Waals surface area (Å²) >= 11 is 6.39. The van der Waals surface area contributed by atoms with Crippen molar-refractivity contribution in [2.24, 2.45) is 0 Å². The Morgan fingerprint density at radius 1 is 0.537 bits per heavy atom. The summed E-state index contributed by atoms with van der Waals surface area (Å²) in [4.78, 5) is 0.343. The van der Waals surface area contributed by atoms with Crippen molar-refractivity contribution < 1.29 is 0 Å². The van der Waals surface area contributed by atoms with Gasteiger partial charge < -0.3 is 5.32 Å². The van der Waals surface area contributed by atoms with Crippen LogP contribution in [0.15, 0.2) is 115 Å². The van der Waals surface area contributed by atoms with E-state index < -0.39 is 5.79 Å². The summed E-state index contributed by atoms with van der Waals surface area (Å²) < 4.78 is 5.22. The average Bonchev–Trinajstić information content (AvgIpc) is 3.77. The molecular formula is C30H20N10S. The molecule has 0 unspecified atom stereocenters. The smallest absolute Gasteiger partial charge is 0.308 e. The van der Waals surface area contributed by atoms with Crippen molar-refractivity contribution in [3.8, 4) is 0 Å². The van der Waals surface area contributed by atoms with Gasteiger partial charge in [-0.1, -0.05) is 101 Å². The maximum atomic E-state index is 6.39. The Morgan fingerprint density at radius 3 is 1.51 bits per heavy atom. The van der Waals surface area contributed by atoms with E-state index in [-0.39, 0.29) is 0 Å². The van der Waals surface area contributed by atoms with Gasteiger partial charge in [0.1, 0.15) is 16.6 Å². The van der Waals surface area contributed by atoms with Crippen LogP contribution in [0.1, 0.15) is 0 Å². The third kappa shape index (κ3) is 3.39. The molecule has 5 aromatic carbocycles. The number of thiocarbonyl (C=S) groups is 1. The number of benzene rings is 5. The highest BCUT2D eigenvalue weighted by atomic mass is 32.1. The van der Waals surface area contributed by atoms with E-state index in [2.05, 4.69) is 54.5 Å². The third-order valence-corrected chi connectivity index (χ3v) is 7.66. The lowest BCUT2D eigenvalue weighted by atomic mass is 10.1. The van der Waals surface area contributed by atoms with Gasteiger partial charge in [0.2, 0.25) is 0 Å². The van der Waals surface area contributed by atoms with E-state index in [9.17, 15) is 0 Å². The first kappa shape index (κ1) is 23.3. The van der Waals surface area contributed by atoms with E-state index in [1.165, 1.54) is 0 Å². The van der Waals surface area contributed by atoms with Crippen LogP contribution in [0.3, 0.4) is 0 Å². The molecule has 0 aliphatic carbocycles. The van der Waals surface area contributed by atoms with E-state index in [1.54, 1.807) is 14.0 Å². The Kier molecular flexibility index (Phi) is 5.12. The minimum absolute atomic E-state index is 0.343. The molecule has 3 heterocycles. The molecule has 0 aliphatic heterocycles. The highest BCUT2D eigenvalue weighted by Crippen LogP contribution is 2.34. The fraction of sp³-hybridized carbons (Fsp3) is 0.0333. The SMILES string of the molecule is S=C(Nc1cccc2ccccc12)C(n1nnc2ccccc21)(n1nnc2ccccc21)n1nnc2ccccc21. The molecule has 196 valence electrons. The molecule has 0 amide bonds. The first-order valence-corrected chi connectivity index (χ1v) is 13.4. The summed E-state index contributed by atoms with van der Waals surface area (Å²) in [5.74, 6) is -1.52. The van der Waals surface area contributed by atoms with E-state index in [4.69, 9.17) is 12.2 Å². The van der Waals surface area contributed by atoms with Gasteiger partial charge in [0.15, 0.2) is 4.99 Å². The fourth-order valence-corrected chi connectivity index (χ4v) is 5.77. The minimum atomic E-state index is -1.52. The maximum absolute atomic E-state index is 6.39. The predicted molar refractivity (Wildman–Crippen MR) is 162 cm³/mol. The van der Waals surface area contributed by atoms with Crippen LogP contribution in [0.2, 0.25) is 0 Å². The zero-order chi connectivity index (χ0) is 27.4. The van der Waals surface area contributed by atoms with Gasteiger partial charge in [0.25, 0.3) is 0 Å². The number of nitrogens with zero attached hydrogens (tertiary/aromatic N) is 9. The molecule has 0 radical (unpaired) electrons. The normalized spacial score (nSPS) is 12.0. The molecule has 0 saturated heterocycles. The summed E-state index contributed by atoms with van der Waals surface area (Å²) in [6.45, 7) is 0. The van der Waals surface area contributed by atoms with Crippen molar-refractivity contribution in [3.63, 3.8) is 0 Å². The van der Waals surface area contributed by atoms with Crippen LogP contribution in [0.5, 0.6) is 0 Å². The van der Waals surface area contributed by atoms with Crippen LogP contribution in [0, 0.1) is 0 Å². The second kappa shape index (κ2) is 9.00. The monoisotopic (exact) mass is 552 g/mol. The van der Waals surface area contributed by atoms with Crippen molar-refractivity contribution in [3.05, 3.63) is 115 Å². The number of hydrogen-bond donors (Lipinski definition) is 1. The third-order valence-electron chi connectivity index (χ3n) is 7.28. The van der Waals surface area contributed by atoms with E-state index in [0.717, 1.165) is 33.0 Å². The van der Waals surface area contributed by atoms with Crippen LogP contribution in [-0.2, 0) is 5.79 Å². The largest absolute Gasteiger partial charge is 0.344 e. The molecule has 3 aromatic heterocycles. The molecule has 0 atom stereocenters. The molecule has 10 nitrogen and oxygen atoms in total. The second-order valence-electron chi connectivity index (χ2n) is 9.59. The van der Waals surface area contributed by atoms with Crippen molar-refractivity contribution in [2.75, 3.05) is 5.32 Å². The number of para-hydroxylation sites is 3. The first-order valence-electron chi connectivity index (χ1n) is 13.0. The average molecular weight is 553 g/mol. The molecule has 0 aliphatic rings. The molecule has 41 heavy (non-hydrogen) atoms. The molecular weight excluding hydrogens is 532 g/mol. The molecule has 0 bridgehead atoms. The van der Waals surface area contributed by atoms with E-state index >= 15 is 0 Å². The molecule has 0 spiro atoms. The number of fused-ring (bicyclic) bond motifs is 4. The first-order chi connectivity index (χ1) is 20.2. The van der Waals surface area contributed by atoms with Gasteiger partial charge in [-0.05, 0) is 47.9 Å². The molecule has 8 aromatic rings. The van der Waals surface area contributed by atoms with Crippen molar-refractivity contribution in [1.29, 1.82) is 0 Å². The zero-order valence-corrected chi connectivity index (χ0v) is 22.2. The van der Waals surface area contributed by atoms with E-state index in [1.807, 2.05) is 97.1 Å². The lowest BCUT2D eigenvalue weighted by Gasteiger charge is -2.35. The van der Waals surface area contributed by atoms with Crippen LogP contribution < -0.4 is 5.32 Å². The number of rotatable bonds is 5. The topological polar surface area (TPSA) is 104 Å². The summed E-state index contributed by atoms with van der Waals surface area (Å²) in [7, 11) is 0. The Morgan fingerprint density at radius 2 is 0.976 bits per heavy atom. The number of hydrogen-bond acceptors (Lipinski definition) is 7. The lowest BCUT2D eigenvalue weighted by molar-refractivity contribution is 0.218. The van der Waals surface area contributed by atoms with Gasteiger partial charge in [0.05, 0.1) is 16.6 Å². The van der Waals surface area contributed by atoms with Crippen molar-refractivity contribution in [2.45, 2.75) is 5.79 Å². The van der Waals surface area contributed by atoms with Gasteiger partial charge in [-0.15, -0.1) is 15.3 Å². The Balaban J connectivity index is 1.50. The van der Waals surface area contributed by atoms with E-state index in [0.29, 0.717) is 21.5 Å². The minimum Gasteiger partial charge on any atom is -0.344 e. The molecule has 8 rings (SSSR count).